The number of allylic oxidation sites excluding steroid dienone is 4. The Morgan fingerprint density at radius 1 is 0.932 bits per heavy atom. The average molecular weight is 619 g/mol. The molecular weight excluding hydrogens is 592 g/mol. The number of carbonyl (C=O) groups is 1. The first-order valence-corrected chi connectivity index (χ1v) is 13.7. The van der Waals surface area contributed by atoms with Gasteiger partial charge in [-0.1, -0.05) is 63.5 Å². The number of rotatable bonds is 7. The second-order valence-corrected chi connectivity index (χ2v) is 10.6. The summed E-state index contributed by atoms with van der Waals surface area (Å²) in [6, 6.07) is 6.43. The topological polar surface area (TPSA) is 26.3 Å². The van der Waals surface area contributed by atoms with E-state index in [9.17, 15) is 35.5 Å². The Bertz CT molecular complexity index is 1660. The fourth-order valence-corrected chi connectivity index (χ4v) is 5.11. The number of halogens is 8. The predicted molar refractivity (Wildman–Crippen MR) is 149 cm³/mol. The SMILES string of the molecule is CCC[C@@H](C)C1=CC(C)C(c2ccc(-c3cc(F)c(C(=O)Oc4cc(F)c(C#CC(F)(F)F)c(F)c4)c(F)c3)c(F)c2)C=C1. The van der Waals surface area contributed by atoms with Crippen LogP contribution in [-0.4, -0.2) is 12.1 Å². The van der Waals surface area contributed by atoms with Crippen molar-refractivity contribution in [2.75, 3.05) is 0 Å². The molecule has 0 spiro atoms. The van der Waals surface area contributed by atoms with E-state index in [0.717, 1.165) is 12.8 Å². The van der Waals surface area contributed by atoms with Crippen LogP contribution >= 0.6 is 0 Å². The molecule has 0 amide bonds. The number of benzene rings is 3. The third-order valence-electron chi connectivity index (χ3n) is 7.30. The van der Waals surface area contributed by atoms with E-state index in [1.165, 1.54) is 23.6 Å². The standard InChI is InChI=1S/C34H26F8O2/c1-4-5-18(2)20-6-8-24(19(3)12-20)21-7-9-25(27(35)13-21)22-14-30(38)32(31(39)15-22)33(43)44-23-16-28(36)26(29(37)17-23)10-11-34(40,41)42/h6-9,12-19,24H,4-5H2,1-3H3/t18-,19?,24?/m1/s1. The summed E-state index contributed by atoms with van der Waals surface area (Å²) >= 11 is 0. The van der Waals surface area contributed by atoms with Gasteiger partial charge in [-0.2, -0.15) is 13.2 Å². The van der Waals surface area contributed by atoms with E-state index >= 15 is 4.39 Å². The van der Waals surface area contributed by atoms with Gasteiger partial charge in [0, 0.05) is 29.5 Å². The minimum absolute atomic E-state index is 0.0886. The number of ether oxygens (including phenoxy) is 1. The van der Waals surface area contributed by atoms with Crippen LogP contribution in [0.1, 0.15) is 61.0 Å². The number of alkyl halides is 3. The molecule has 0 radical (unpaired) electrons. The fraction of sp³-hybridized carbons (Fsp3) is 0.265. The third kappa shape index (κ3) is 7.39. The van der Waals surface area contributed by atoms with Crippen molar-refractivity contribution in [2.24, 2.45) is 11.8 Å². The zero-order valence-electron chi connectivity index (χ0n) is 23.8. The van der Waals surface area contributed by atoms with Gasteiger partial charge >= 0.3 is 12.1 Å². The number of carbonyl (C=O) groups excluding carboxylic acids is 1. The summed E-state index contributed by atoms with van der Waals surface area (Å²) < 4.78 is 115. The van der Waals surface area contributed by atoms with Crippen LogP contribution in [0.4, 0.5) is 35.1 Å². The Morgan fingerprint density at radius 2 is 1.57 bits per heavy atom. The minimum atomic E-state index is -5.02. The zero-order chi connectivity index (χ0) is 32.3. The van der Waals surface area contributed by atoms with Crippen LogP contribution in [-0.2, 0) is 0 Å². The van der Waals surface area contributed by atoms with E-state index in [2.05, 4.69) is 24.7 Å². The average Bonchev–Trinajstić information content (AvgIpc) is 2.91. The molecule has 4 rings (SSSR count). The van der Waals surface area contributed by atoms with Crippen molar-refractivity contribution in [1.82, 2.24) is 0 Å². The maximum atomic E-state index is 15.2. The summed E-state index contributed by atoms with van der Waals surface area (Å²) in [6.45, 7) is 6.30. The molecule has 3 aromatic rings. The lowest BCUT2D eigenvalue weighted by molar-refractivity contribution is -0.0696. The number of esters is 1. The monoisotopic (exact) mass is 618 g/mol. The fourth-order valence-electron chi connectivity index (χ4n) is 5.11. The molecular formula is C34H26F8O2. The summed E-state index contributed by atoms with van der Waals surface area (Å²) in [5.41, 5.74) is -0.925. The Morgan fingerprint density at radius 3 is 2.11 bits per heavy atom. The highest BCUT2D eigenvalue weighted by Gasteiger charge is 2.26. The van der Waals surface area contributed by atoms with Crippen LogP contribution < -0.4 is 4.74 Å². The number of hydrogen-bond acceptors (Lipinski definition) is 2. The molecule has 1 aliphatic rings. The van der Waals surface area contributed by atoms with Gasteiger partial charge in [0.25, 0.3) is 0 Å². The molecule has 2 nitrogen and oxygen atoms in total. The molecule has 0 fully saturated rings. The molecule has 230 valence electrons. The molecule has 0 aliphatic heterocycles. The Hall–Kier alpha value is -4.39. The molecule has 0 aromatic heterocycles. The molecule has 0 heterocycles. The lowest BCUT2D eigenvalue weighted by Gasteiger charge is -2.26. The van der Waals surface area contributed by atoms with Crippen molar-refractivity contribution in [1.29, 1.82) is 0 Å². The van der Waals surface area contributed by atoms with E-state index in [1.54, 1.807) is 6.07 Å². The van der Waals surface area contributed by atoms with Gasteiger partial charge in [0.2, 0.25) is 0 Å². The predicted octanol–water partition coefficient (Wildman–Crippen LogP) is 9.83. The largest absolute Gasteiger partial charge is 0.458 e. The molecule has 0 N–H and O–H groups in total. The van der Waals surface area contributed by atoms with Gasteiger partial charge in [0.05, 0.1) is 5.56 Å². The van der Waals surface area contributed by atoms with E-state index in [-0.39, 0.29) is 23.0 Å². The maximum Gasteiger partial charge on any atom is 0.458 e. The third-order valence-corrected chi connectivity index (χ3v) is 7.30. The van der Waals surface area contributed by atoms with Gasteiger partial charge in [-0.25, -0.2) is 26.7 Å². The normalized spacial score (nSPS) is 17.0. The van der Waals surface area contributed by atoms with Gasteiger partial charge in [-0.3, -0.25) is 0 Å². The Kier molecular flexibility index (Phi) is 9.67. The summed E-state index contributed by atoms with van der Waals surface area (Å²) in [7, 11) is 0. The van der Waals surface area contributed by atoms with Crippen molar-refractivity contribution in [3.8, 4) is 28.7 Å². The molecule has 44 heavy (non-hydrogen) atoms. The van der Waals surface area contributed by atoms with E-state index in [1.807, 2.05) is 19.1 Å². The molecule has 2 unspecified atom stereocenters. The highest BCUT2D eigenvalue weighted by Crippen LogP contribution is 2.37. The quantitative estimate of drug-likeness (QED) is 0.114. The first-order valence-electron chi connectivity index (χ1n) is 13.7. The van der Waals surface area contributed by atoms with Crippen LogP contribution in [0.25, 0.3) is 11.1 Å². The summed E-state index contributed by atoms with van der Waals surface area (Å²) in [6.07, 6.45) is 3.31. The molecule has 3 aromatic carbocycles. The minimum Gasteiger partial charge on any atom is -0.423 e. The van der Waals surface area contributed by atoms with Gasteiger partial charge in [-0.05, 0) is 53.2 Å². The summed E-state index contributed by atoms with van der Waals surface area (Å²) in [5, 5.41) is 0. The summed E-state index contributed by atoms with van der Waals surface area (Å²) in [4.78, 5) is 12.5. The zero-order valence-corrected chi connectivity index (χ0v) is 23.8. The van der Waals surface area contributed by atoms with Crippen LogP contribution in [0.3, 0.4) is 0 Å². The molecule has 0 bridgehead atoms. The van der Waals surface area contributed by atoms with Crippen molar-refractivity contribution >= 4 is 5.97 Å². The van der Waals surface area contributed by atoms with Crippen molar-refractivity contribution < 1.29 is 44.7 Å². The van der Waals surface area contributed by atoms with Crippen molar-refractivity contribution in [3.05, 3.63) is 112 Å². The highest BCUT2D eigenvalue weighted by atomic mass is 19.4. The second-order valence-electron chi connectivity index (χ2n) is 10.6. The Balaban J connectivity index is 1.54. The molecule has 0 saturated heterocycles. The van der Waals surface area contributed by atoms with Crippen LogP contribution in [0, 0.1) is 52.8 Å². The first-order chi connectivity index (χ1) is 20.7. The second kappa shape index (κ2) is 13.1. The van der Waals surface area contributed by atoms with E-state index in [4.69, 9.17) is 0 Å². The van der Waals surface area contributed by atoms with Crippen molar-refractivity contribution in [2.45, 2.75) is 45.7 Å². The molecule has 3 atom stereocenters. The van der Waals surface area contributed by atoms with E-state index in [0.29, 0.717) is 41.7 Å². The number of hydrogen-bond donors (Lipinski definition) is 0. The van der Waals surface area contributed by atoms with Crippen LogP contribution in [0.2, 0.25) is 0 Å². The maximum absolute atomic E-state index is 15.2. The molecule has 0 saturated carbocycles. The van der Waals surface area contributed by atoms with Crippen LogP contribution in [0.5, 0.6) is 5.75 Å². The Labute approximate surface area is 249 Å². The molecule has 10 heteroatoms. The highest BCUT2D eigenvalue weighted by molar-refractivity contribution is 5.92. The lowest BCUT2D eigenvalue weighted by Crippen LogP contribution is -2.14. The molecule has 1 aliphatic carbocycles. The van der Waals surface area contributed by atoms with Gasteiger partial charge < -0.3 is 4.74 Å². The first kappa shape index (κ1) is 32.5. The van der Waals surface area contributed by atoms with E-state index < -0.39 is 58.1 Å². The smallest absolute Gasteiger partial charge is 0.423 e. The van der Waals surface area contributed by atoms with Gasteiger partial charge in [0.15, 0.2) is 0 Å². The van der Waals surface area contributed by atoms with Gasteiger partial charge in [0.1, 0.15) is 40.4 Å². The lowest BCUT2D eigenvalue weighted by atomic mass is 9.79. The van der Waals surface area contributed by atoms with Crippen LogP contribution in [0.15, 0.2) is 66.3 Å². The van der Waals surface area contributed by atoms with Gasteiger partial charge in [-0.15, -0.1) is 0 Å². The summed E-state index contributed by atoms with van der Waals surface area (Å²) in [5.74, 6) is -7.00. The van der Waals surface area contributed by atoms with Crippen molar-refractivity contribution in [3.63, 3.8) is 0 Å².